The molecule has 0 radical (unpaired) electrons. The molecule has 0 unspecified atom stereocenters. The predicted molar refractivity (Wildman–Crippen MR) is 86.4 cm³/mol. The Bertz CT molecular complexity index is 544. The minimum Gasteiger partial charge on any atom is -0.465 e. The topological polar surface area (TPSA) is 50.4 Å². The number of rotatable bonds is 3. The number of anilines is 1. The van der Waals surface area contributed by atoms with Crippen LogP contribution in [0.5, 0.6) is 0 Å². The summed E-state index contributed by atoms with van der Waals surface area (Å²) < 4.78 is 4.68. The van der Waals surface area contributed by atoms with E-state index in [0.29, 0.717) is 16.7 Å². The van der Waals surface area contributed by atoms with E-state index in [-0.39, 0.29) is 5.97 Å². The second kappa shape index (κ2) is 6.02. The highest BCUT2D eigenvalue weighted by atomic mass is 32.1. The molecule has 2 fully saturated rings. The molecule has 0 amide bonds. The lowest BCUT2D eigenvalue weighted by molar-refractivity contribution is 0.0601. The van der Waals surface area contributed by atoms with Crippen molar-refractivity contribution in [1.29, 1.82) is 0 Å². The zero-order valence-corrected chi connectivity index (χ0v) is 12.9. The van der Waals surface area contributed by atoms with Crippen molar-refractivity contribution in [2.24, 2.45) is 11.8 Å². The quantitative estimate of drug-likeness (QED) is 0.664. The van der Waals surface area contributed by atoms with Gasteiger partial charge in [-0.25, -0.2) is 4.79 Å². The number of fused-ring (bicyclic) bond motifs is 2. The summed E-state index contributed by atoms with van der Waals surface area (Å²) in [5.41, 5.74) is 1.42. The van der Waals surface area contributed by atoms with Crippen molar-refractivity contribution >= 4 is 29.0 Å². The molecule has 0 spiro atoms. The molecule has 0 aromatic heterocycles. The Morgan fingerprint density at radius 2 is 2.00 bits per heavy atom. The van der Waals surface area contributed by atoms with E-state index < -0.39 is 0 Å². The van der Waals surface area contributed by atoms with Gasteiger partial charge in [-0.1, -0.05) is 6.42 Å². The average molecular weight is 304 g/mol. The van der Waals surface area contributed by atoms with E-state index in [1.165, 1.54) is 32.8 Å². The van der Waals surface area contributed by atoms with E-state index in [1.807, 2.05) is 12.1 Å². The van der Waals surface area contributed by atoms with Gasteiger partial charge in [-0.2, -0.15) is 0 Å². The predicted octanol–water partition coefficient (Wildman–Crippen LogP) is 2.95. The van der Waals surface area contributed by atoms with Gasteiger partial charge in [0.25, 0.3) is 0 Å². The Kier molecular flexibility index (Phi) is 4.10. The van der Waals surface area contributed by atoms with Crippen molar-refractivity contribution in [2.75, 3.05) is 12.4 Å². The summed E-state index contributed by atoms with van der Waals surface area (Å²) in [7, 11) is 1.38. The van der Waals surface area contributed by atoms with E-state index >= 15 is 0 Å². The van der Waals surface area contributed by atoms with E-state index in [2.05, 4.69) is 15.4 Å². The van der Waals surface area contributed by atoms with Gasteiger partial charge in [0.1, 0.15) is 0 Å². The van der Waals surface area contributed by atoms with Gasteiger partial charge in [-0.15, -0.1) is 0 Å². The second-order valence-electron chi connectivity index (χ2n) is 5.95. The average Bonchev–Trinajstić information content (AvgIpc) is 3.09. The van der Waals surface area contributed by atoms with E-state index in [0.717, 1.165) is 17.5 Å². The molecular formula is C16H20N2O2S. The van der Waals surface area contributed by atoms with Gasteiger partial charge in [0.05, 0.1) is 12.7 Å². The van der Waals surface area contributed by atoms with Crippen LogP contribution in [-0.4, -0.2) is 24.2 Å². The zero-order chi connectivity index (χ0) is 14.8. The maximum absolute atomic E-state index is 11.4. The number of hydrogen-bond donors (Lipinski definition) is 2. The molecule has 2 saturated carbocycles. The number of benzene rings is 1. The van der Waals surface area contributed by atoms with Crippen LogP contribution in [-0.2, 0) is 4.74 Å². The van der Waals surface area contributed by atoms with Gasteiger partial charge < -0.3 is 15.4 Å². The highest BCUT2D eigenvalue weighted by molar-refractivity contribution is 7.80. The van der Waals surface area contributed by atoms with Gasteiger partial charge >= 0.3 is 5.97 Å². The Labute approximate surface area is 130 Å². The number of carbonyl (C=O) groups is 1. The summed E-state index contributed by atoms with van der Waals surface area (Å²) in [5.74, 6) is 1.36. The molecule has 4 nitrogen and oxygen atoms in total. The fourth-order valence-electron chi connectivity index (χ4n) is 3.56. The smallest absolute Gasteiger partial charge is 0.337 e. The van der Waals surface area contributed by atoms with Crippen LogP contribution in [0.25, 0.3) is 0 Å². The third kappa shape index (κ3) is 3.18. The number of nitrogens with one attached hydrogen (secondary N) is 2. The maximum Gasteiger partial charge on any atom is 0.337 e. The van der Waals surface area contributed by atoms with Crippen LogP contribution in [0.1, 0.15) is 36.0 Å². The molecule has 2 bridgehead atoms. The van der Waals surface area contributed by atoms with Crippen LogP contribution in [0.4, 0.5) is 5.69 Å². The van der Waals surface area contributed by atoms with Crippen LogP contribution in [0, 0.1) is 11.8 Å². The van der Waals surface area contributed by atoms with Crippen molar-refractivity contribution < 1.29 is 9.53 Å². The SMILES string of the molecule is COC(=O)c1ccc(NC(=S)N[C@H]2C[C@@H]3CC[C@@H]2C3)cc1. The molecule has 112 valence electrons. The summed E-state index contributed by atoms with van der Waals surface area (Å²) in [6.45, 7) is 0. The van der Waals surface area contributed by atoms with Crippen LogP contribution < -0.4 is 10.6 Å². The van der Waals surface area contributed by atoms with E-state index in [4.69, 9.17) is 12.2 Å². The van der Waals surface area contributed by atoms with Crippen molar-refractivity contribution in [2.45, 2.75) is 31.7 Å². The molecule has 5 heteroatoms. The molecule has 2 aliphatic carbocycles. The lowest BCUT2D eigenvalue weighted by Gasteiger charge is -2.24. The molecular weight excluding hydrogens is 284 g/mol. The van der Waals surface area contributed by atoms with Crippen LogP contribution in [0.3, 0.4) is 0 Å². The lowest BCUT2D eigenvalue weighted by atomic mass is 9.96. The Morgan fingerprint density at radius 1 is 1.24 bits per heavy atom. The Hall–Kier alpha value is -1.62. The van der Waals surface area contributed by atoms with Crippen molar-refractivity contribution in [3.63, 3.8) is 0 Å². The van der Waals surface area contributed by atoms with Gasteiger partial charge in [0.15, 0.2) is 5.11 Å². The number of esters is 1. The first-order chi connectivity index (χ1) is 10.2. The maximum atomic E-state index is 11.4. The van der Waals surface area contributed by atoms with E-state index in [1.54, 1.807) is 12.1 Å². The van der Waals surface area contributed by atoms with E-state index in [9.17, 15) is 4.79 Å². The molecule has 0 heterocycles. The fourth-order valence-corrected chi connectivity index (χ4v) is 3.83. The molecule has 0 saturated heterocycles. The molecule has 2 aliphatic rings. The number of carbonyl (C=O) groups excluding carboxylic acids is 1. The zero-order valence-electron chi connectivity index (χ0n) is 12.1. The highest BCUT2D eigenvalue weighted by Crippen LogP contribution is 2.44. The van der Waals surface area contributed by atoms with Crippen LogP contribution in [0.2, 0.25) is 0 Å². The number of ether oxygens (including phenoxy) is 1. The molecule has 21 heavy (non-hydrogen) atoms. The molecule has 1 aromatic carbocycles. The minimum atomic E-state index is -0.329. The van der Waals surface area contributed by atoms with Gasteiger partial charge in [-0.3, -0.25) is 0 Å². The summed E-state index contributed by atoms with van der Waals surface area (Å²) in [4.78, 5) is 11.4. The largest absolute Gasteiger partial charge is 0.465 e. The van der Waals surface area contributed by atoms with Gasteiger partial charge in [0, 0.05) is 11.7 Å². The normalized spacial score (nSPS) is 26.4. The molecule has 3 rings (SSSR count). The molecule has 1 aromatic rings. The molecule has 2 N–H and O–H groups in total. The molecule has 0 aliphatic heterocycles. The highest BCUT2D eigenvalue weighted by Gasteiger charge is 2.39. The third-order valence-electron chi connectivity index (χ3n) is 4.62. The minimum absolute atomic E-state index is 0.329. The van der Waals surface area contributed by atoms with Crippen molar-refractivity contribution in [3.8, 4) is 0 Å². The number of methoxy groups -OCH3 is 1. The Morgan fingerprint density at radius 3 is 2.57 bits per heavy atom. The summed E-state index contributed by atoms with van der Waals surface area (Å²) in [5, 5.41) is 7.28. The fraction of sp³-hybridized carbons (Fsp3) is 0.500. The van der Waals surface area contributed by atoms with Gasteiger partial charge in [-0.05, 0) is 67.6 Å². The van der Waals surface area contributed by atoms with Crippen molar-refractivity contribution in [3.05, 3.63) is 29.8 Å². The number of hydrogen-bond acceptors (Lipinski definition) is 3. The first-order valence-electron chi connectivity index (χ1n) is 7.41. The monoisotopic (exact) mass is 304 g/mol. The van der Waals surface area contributed by atoms with Gasteiger partial charge in [0.2, 0.25) is 0 Å². The Balaban J connectivity index is 1.54. The summed E-state index contributed by atoms with van der Waals surface area (Å²) in [6.07, 6.45) is 5.32. The van der Waals surface area contributed by atoms with Crippen LogP contribution in [0.15, 0.2) is 24.3 Å². The lowest BCUT2D eigenvalue weighted by Crippen LogP contribution is -2.40. The first-order valence-corrected chi connectivity index (χ1v) is 7.82. The number of thiocarbonyl (C=S) groups is 1. The van der Waals surface area contributed by atoms with Crippen LogP contribution >= 0.6 is 12.2 Å². The first kappa shape index (κ1) is 14.3. The summed E-state index contributed by atoms with van der Waals surface area (Å²) in [6, 6.07) is 7.66. The van der Waals surface area contributed by atoms with Crippen molar-refractivity contribution in [1.82, 2.24) is 5.32 Å². The second-order valence-corrected chi connectivity index (χ2v) is 6.36. The standard InChI is InChI=1S/C16H20N2O2S/c1-20-15(19)11-4-6-13(7-5-11)17-16(21)18-14-9-10-2-3-12(14)8-10/h4-7,10,12,14H,2-3,8-9H2,1H3,(H2,17,18,21)/t10-,12-,14+/m1/s1. The molecule has 3 atom stereocenters. The third-order valence-corrected chi connectivity index (χ3v) is 4.84. The summed E-state index contributed by atoms with van der Waals surface area (Å²) >= 11 is 5.38.